The molecule has 0 bridgehead atoms. The van der Waals surface area contributed by atoms with Crippen molar-refractivity contribution >= 4 is 23.3 Å². The molecule has 0 radical (unpaired) electrons. The molecule has 0 aliphatic carbocycles. The average molecular weight is 369 g/mol. The molecule has 2 heterocycles. The first-order valence-corrected chi connectivity index (χ1v) is 9.03. The van der Waals surface area contributed by atoms with Crippen LogP contribution in [0.5, 0.6) is 0 Å². The molecule has 0 unspecified atom stereocenters. The van der Waals surface area contributed by atoms with Crippen molar-refractivity contribution in [2.75, 3.05) is 29.9 Å². The Hall–Kier alpha value is -3.09. The number of benzene rings is 1. The Kier molecular flexibility index (Phi) is 5.90. The van der Waals surface area contributed by atoms with Gasteiger partial charge in [-0.15, -0.1) is 0 Å². The van der Waals surface area contributed by atoms with E-state index in [1.54, 1.807) is 6.07 Å². The minimum Gasteiger partial charge on any atom is -0.618 e. The van der Waals surface area contributed by atoms with Crippen LogP contribution in [0.2, 0.25) is 0 Å². The van der Waals surface area contributed by atoms with Gasteiger partial charge in [0, 0.05) is 36.6 Å². The summed E-state index contributed by atoms with van der Waals surface area (Å²) in [5.41, 5.74) is 1.60. The summed E-state index contributed by atoms with van der Waals surface area (Å²) in [4.78, 5) is 26.1. The predicted octanol–water partition coefficient (Wildman–Crippen LogP) is 2.35. The van der Waals surface area contributed by atoms with Gasteiger partial charge in [0.05, 0.1) is 0 Å². The third-order valence-electron chi connectivity index (χ3n) is 4.67. The van der Waals surface area contributed by atoms with E-state index in [0.29, 0.717) is 10.4 Å². The molecule has 1 N–H and O–H groups in total. The van der Waals surface area contributed by atoms with E-state index in [9.17, 15) is 14.8 Å². The highest BCUT2D eigenvalue weighted by Gasteiger charge is 2.18. The molecule has 1 aromatic carbocycles. The molecular weight excluding hydrogens is 346 g/mol. The van der Waals surface area contributed by atoms with Gasteiger partial charge in [0.1, 0.15) is 0 Å². The topological polar surface area (TPSA) is 85.6 Å². The fourth-order valence-electron chi connectivity index (χ4n) is 3.01. The van der Waals surface area contributed by atoms with Crippen LogP contribution in [0, 0.1) is 11.1 Å². The number of nitrogens with one attached hydrogen (secondary N) is 1. The van der Waals surface area contributed by atoms with E-state index in [4.69, 9.17) is 4.74 Å². The third kappa shape index (κ3) is 4.97. The molecule has 1 aliphatic rings. The minimum atomic E-state index is -0.838. The van der Waals surface area contributed by atoms with Crippen LogP contribution in [-0.2, 0) is 9.53 Å². The summed E-state index contributed by atoms with van der Waals surface area (Å²) in [6, 6.07) is 12.0. The highest BCUT2D eigenvalue weighted by molar-refractivity contribution is 5.94. The van der Waals surface area contributed by atoms with Crippen molar-refractivity contribution in [3.8, 4) is 0 Å². The summed E-state index contributed by atoms with van der Waals surface area (Å²) in [5, 5.41) is 14.2. The van der Waals surface area contributed by atoms with Crippen molar-refractivity contribution in [1.82, 2.24) is 0 Å². The van der Waals surface area contributed by atoms with Gasteiger partial charge in [-0.2, -0.15) is 4.73 Å². The lowest BCUT2D eigenvalue weighted by Gasteiger charge is -2.32. The summed E-state index contributed by atoms with van der Waals surface area (Å²) in [7, 11) is 0. The van der Waals surface area contributed by atoms with Crippen LogP contribution in [0.25, 0.3) is 0 Å². The molecule has 2 aromatic rings. The van der Waals surface area contributed by atoms with Crippen molar-refractivity contribution in [1.29, 1.82) is 0 Å². The molecule has 7 nitrogen and oxygen atoms in total. The smallest absolute Gasteiger partial charge is 0.405 e. The van der Waals surface area contributed by atoms with Crippen LogP contribution in [0.3, 0.4) is 0 Å². The van der Waals surface area contributed by atoms with E-state index >= 15 is 0 Å². The first-order valence-electron chi connectivity index (χ1n) is 9.03. The SMILES string of the molecule is CC1CCN(c2ccc(NC(=O)COC(=O)c3cccc[n+]3[O-])cc2)CC1. The number of nitrogens with zero attached hydrogens (tertiary/aromatic N) is 2. The Labute approximate surface area is 158 Å². The van der Waals surface area contributed by atoms with E-state index in [1.807, 2.05) is 24.3 Å². The van der Waals surface area contributed by atoms with Crippen LogP contribution >= 0.6 is 0 Å². The maximum Gasteiger partial charge on any atom is 0.405 e. The van der Waals surface area contributed by atoms with Crippen LogP contribution in [0.1, 0.15) is 30.3 Å². The zero-order valence-corrected chi connectivity index (χ0v) is 15.3. The normalized spacial score (nSPS) is 14.6. The Morgan fingerprint density at radius 1 is 1.19 bits per heavy atom. The van der Waals surface area contributed by atoms with Gasteiger partial charge < -0.3 is 20.2 Å². The molecule has 0 spiro atoms. The lowest BCUT2D eigenvalue weighted by molar-refractivity contribution is -0.608. The van der Waals surface area contributed by atoms with Gasteiger partial charge in [-0.1, -0.05) is 6.92 Å². The number of carbonyl (C=O) groups is 2. The van der Waals surface area contributed by atoms with Crippen LogP contribution in [-0.4, -0.2) is 31.6 Å². The van der Waals surface area contributed by atoms with E-state index in [1.165, 1.54) is 31.2 Å². The molecular formula is C20H23N3O4. The quantitative estimate of drug-likeness (QED) is 0.497. The van der Waals surface area contributed by atoms with Crippen molar-refractivity contribution in [2.24, 2.45) is 5.92 Å². The van der Waals surface area contributed by atoms with Gasteiger partial charge in [0.2, 0.25) is 0 Å². The molecule has 1 amide bonds. The van der Waals surface area contributed by atoms with Crippen molar-refractivity contribution in [3.63, 3.8) is 0 Å². The maximum absolute atomic E-state index is 12.0. The maximum atomic E-state index is 12.0. The fraction of sp³-hybridized carbons (Fsp3) is 0.350. The van der Waals surface area contributed by atoms with Crippen LogP contribution in [0.15, 0.2) is 48.7 Å². The molecule has 3 rings (SSSR count). The number of anilines is 2. The highest BCUT2D eigenvalue weighted by Crippen LogP contribution is 2.24. The number of hydrogen-bond acceptors (Lipinski definition) is 5. The number of amides is 1. The number of piperidine rings is 1. The van der Waals surface area contributed by atoms with E-state index in [2.05, 4.69) is 17.1 Å². The average Bonchev–Trinajstić information content (AvgIpc) is 2.68. The number of hydrogen-bond donors (Lipinski definition) is 1. The number of aromatic nitrogens is 1. The highest BCUT2D eigenvalue weighted by atomic mass is 16.5. The van der Waals surface area contributed by atoms with Gasteiger partial charge in [0.25, 0.3) is 5.91 Å². The van der Waals surface area contributed by atoms with Crippen molar-refractivity contribution in [2.45, 2.75) is 19.8 Å². The molecule has 27 heavy (non-hydrogen) atoms. The van der Waals surface area contributed by atoms with Crippen LogP contribution in [0.4, 0.5) is 11.4 Å². The standard InChI is InChI=1S/C20H23N3O4/c1-15-9-12-22(13-10-15)17-7-5-16(6-8-17)21-19(24)14-27-20(25)18-4-2-3-11-23(18)26/h2-8,11,15H,9-10,12-14H2,1H3,(H,21,24). The summed E-state index contributed by atoms with van der Waals surface area (Å²) >= 11 is 0. The Bertz CT molecular complexity index is 799. The lowest BCUT2D eigenvalue weighted by Crippen LogP contribution is -2.35. The number of carbonyl (C=O) groups excluding carboxylic acids is 2. The second-order valence-corrected chi connectivity index (χ2v) is 6.75. The first kappa shape index (κ1) is 18.7. The largest absolute Gasteiger partial charge is 0.618 e. The zero-order valence-electron chi connectivity index (χ0n) is 15.3. The summed E-state index contributed by atoms with van der Waals surface area (Å²) < 4.78 is 5.29. The molecule has 1 aliphatic heterocycles. The fourth-order valence-corrected chi connectivity index (χ4v) is 3.01. The summed E-state index contributed by atoms with van der Waals surface area (Å²) in [5.74, 6) is -0.527. The van der Waals surface area contributed by atoms with E-state index in [0.717, 1.165) is 24.7 Å². The predicted molar refractivity (Wildman–Crippen MR) is 101 cm³/mol. The Morgan fingerprint density at radius 2 is 1.89 bits per heavy atom. The second-order valence-electron chi connectivity index (χ2n) is 6.75. The molecule has 1 aromatic heterocycles. The monoisotopic (exact) mass is 369 g/mol. The van der Waals surface area contributed by atoms with Crippen molar-refractivity contribution in [3.05, 3.63) is 59.6 Å². The molecule has 0 saturated carbocycles. The van der Waals surface area contributed by atoms with Gasteiger partial charge in [0.15, 0.2) is 12.8 Å². The van der Waals surface area contributed by atoms with Gasteiger partial charge in [-0.3, -0.25) is 4.79 Å². The van der Waals surface area contributed by atoms with E-state index in [-0.39, 0.29) is 5.69 Å². The molecule has 142 valence electrons. The minimum absolute atomic E-state index is 0.162. The summed E-state index contributed by atoms with van der Waals surface area (Å²) in [6.45, 7) is 3.90. The molecule has 1 fully saturated rings. The Balaban J connectivity index is 1.49. The van der Waals surface area contributed by atoms with Gasteiger partial charge in [-0.25, -0.2) is 4.79 Å². The number of ether oxygens (including phenoxy) is 1. The number of esters is 1. The molecule has 0 atom stereocenters. The number of pyridine rings is 1. The summed E-state index contributed by atoms with van der Waals surface area (Å²) in [6.07, 6.45) is 3.57. The van der Waals surface area contributed by atoms with E-state index < -0.39 is 18.5 Å². The Morgan fingerprint density at radius 3 is 2.56 bits per heavy atom. The molecule has 7 heteroatoms. The molecule has 1 saturated heterocycles. The van der Waals surface area contributed by atoms with Crippen molar-refractivity contribution < 1.29 is 19.1 Å². The number of rotatable bonds is 5. The second kappa shape index (κ2) is 8.53. The first-order chi connectivity index (χ1) is 13.0. The zero-order chi connectivity index (χ0) is 19.2. The van der Waals surface area contributed by atoms with Gasteiger partial charge in [-0.05, 0) is 49.1 Å². The van der Waals surface area contributed by atoms with Gasteiger partial charge >= 0.3 is 11.7 Å². The van der Waals surface area contributed by atoms with Crippen LogP contribution < -0.4 is 14.9 Å². The third-order valence-corrected chi connectivity index (χ3v) is 4.67. The lowest BCUT2D eigenvalue weighted by atomic mass is 9.99.